The van der Waals surface area contributed by atoms with Gasteiger partial charge in [0.25, 0.3) is 0 Å². The highest BCUT2D eigenvalue weighted by Crippen LogP contribution is 2.41. The fourth-order valence-electron chi connectivity index (χ4n) is 4.83. The van der Waals surface area contributed by atoms with Crippen molar-refractivity contribution in [2.75, 3.05) is 0 Å². The summed E-state index contributed by atoms with van der Waals surface area (Å²) in [4.78, 5) is 15.8. The Balaban J connectivity index is 1.53. The minimum Gasteiger partial charge on any atom is -0.294 e. The number of carbonyl (C=O) groups is 1. The summed E-state index contributed by atoms with van der Waals surface area (Å²) in [6, 6.07) is 19.3. The van der Waals surface area contributed by atoms with Crippen LogP contribution in [0.5, 0.6) is 0 Å². The van der Waals surface area contributed by atoms with Crippen LogP contribution in [0.1, 0.15) is 52.7 Å². The van der Waals surface area contributed by atoms with E-state index in [1.807, 2.05) is 19.1 Å². The van der Waals surface area contributed by atoms with Crippen molar-refractivity contribution in [1.82, 2.24) is 4.90 Å². The first-order valence-corrected chi connectivity index (χ1v) is 9.51. The van der Waals surface area contributed by atoms with Gasteiger partial charge in [-0.3, -0.25) is 9.69 Å². The van der Waals surface area contributed by atoms with Crippen molar-refractivity contribution in [2.24, 2.45) is 5.92 Å². The van der Waals surface area contributed by atoms with E-state index in [0.717, 1.165) is 24.9 Å². The normalized spacial score (nSPS) is 25.0. The molecule has 3 nitrogen and oxygen atoms in total. The molecule has 2 unspecified atom stereocenters. The number of fused-ring (bicyclic) bond motifs is 2. The third-order valence-electron chi connectivity index (χ3n) is 6.10. The van der Waals surface area contributed by atoms with Crippen LogP contribution in [0.3, 0.4) is 0 Å². The summed E-state index contributed by atoms with van der Waals surface area (Å²) < 4.78 is 0. The Morgan fingerprint density at radius 2 is 1.77 bits per heavy atom. The summed E-state index contributed by atoms with van der Waals surface area (Å²) in [5, 5.41) is 9.40. The van der Waals surface area contributed by atoms with Crippen LogP contribution < -0.4 is 0 Å². The van der Waals surface area contributed by atoms with Crippen LogP contribution >= 0.6 is 0 Å². The Labute approximate surface area is 155 Å². The summed E-state index contributed by atoms with van der Waals surface area (Å²) in [5.74, 6) is 0.226. The number of aryl methyl sites for hydroxylation is 1. The predicted molar refractivity (Wildman–Crippen MR) is 102 cm³/mol. The van der Waals surface area contributed by atoms with Crippen LogP contribution in [0.4, 0.5) is 0 Å². The minimum absolute atomic E-state index is 0.0488. The largest absolute Gasteiger partial charge is 0.294 e. The average Bonchev–Trinajstić information content (AvgIpc) is 2.89. The third-order valence-corrected chi connectivity index (χ3v) is 6.10. The van der Waals surface area contributed by atoms with Gasteiger partial charge >= 0.3 is 0 Å². The molecule has 3 heteroatoms. The van der Waals surface area contributed by atoms with E-state index in [1.54, 1.807) is 6.07 Å². The molecule has 4 rings (SSSR count). The van der Waals surface area contributed by atoms with Crippen molar-refractivity contribution in [1.29, 1.82) is 5.26 Å². The van der Waals surface area contributed by atoms with E-state index >= 15 is 0 Å². The average molecular weight is 344 g/mol. The van der Waals surface area contributed by atoms with Crippen molar-refractivity contribution in [3.8, 4) is 6.07 Å². The highest BCUT2D eigenvalue weighted by atomic mass is 16.1. The predicted octanol–water partition coefficient (Wildman–Crippen LogP) is 4.49. The van der Waals surface area contributed by atoms with Crippen LogP contribution in [-0.2, 0) is 6.54 Å². The standard InChI is InChI=1S/C23H24N2O/c1-16-6-5-9-18(14-24)22(16)23(26)19-12-20-10-11-21(13-19)25(20)15-17-7-3-2-4-8-17/h2-9,19-21H,10-13,15H2,1H3. The Morgan fingerprint density at radius 1 is 1.08 bits per heavy atom. The lowest BCUT2D eigenvalue weighted by atomic mass is 9.82. The van der Waals surface area contributed by atoms with E-state index in [-0.39, 0.29) is 11.7 Å². The SMILES string of the molecule is Cc1cccc(C#N)c1C(=O)C1CC2CCC(C1)N2Cc1ccccc1. The molecule has 2 fully saturated rings. The lowest BCUT2D eigenvalue weighted by Crippen LogP contribution is -2.44. The number of hydrogen-bond acceptors (Lipinski definition) is 3. The Hall–Kier alpha value is -2.44. The quantitative estimate of drug-likeness (QED) is 0.768. The molecule has 26 heavy (non-hydrogen) atoms. The van der Waals surface area contributed by atoms with Gasteiger partial charge in [-0.1, -0.05) is 42.5 Å². The fraction of sp³-hybridized carbons (Fsp3) is 0.391. The molecule has 2 aliphatic rings. The van der Waals surface area contributed by atoms with E-state index in [2.05, 4.69) is 41.3 Å². The van der Waals surface area contributed by atoms with Crippen LogP contribution in [-0.4, -0.2) is 22.8 Å². The molecule has 0 spiro atoms. The maximum atomic E-state index is 13.2. The number of hydrogen-bond donors (Lipinski definition) is 0. The first kappa shape index (κ1) is 17.0. The maximum Gasteiger partial charge on any atom is 0.167 e. The summed E-state index contributed by atoms with van der Waals surface area (Å²) in [7, 11) is 0. The van der Waals surface area contributed by atoms with Gasteiger partial charge in [0.2, 0.25) is 0 Å². The molecule has 2 aromatic carbocycles. The van der Waals surface area contributed by atoms with Gasteiger partial charge in [-0.25, -0.2) is 0 Å². The Bertz CT molecular complexity index is 838. The van der Waals surface area contributed by atoms with Crippen molar-refractivity contribution in [3.05, 3.63) is 70.8 Å². The first-order valence-electron chi connectivity index (χ1n) is 9.51. The zero-order valence-electron chi connectivity index (χ0n) is 15.2. The van der Waals surface area contributed by atoms with Crippen LogP contribution in [0.25, 0.3) is 0 Å². The van der Waals surface area contributed by atoms with Crippen molar-refractivity contribution in [2.45, 2.75) is 51.2 Å². The number of piperidine rings is 1. The number of nitriles is 1. The molecule has 0 N–H and O–H groups in total. The zero-order valence-corrected chi connectivity index (χ0v) is 15.2. The highest BCUT2D eigenvalue weighted by molar-refractivity contribution is 6.01. The van der Waals surface area contributed by atoms with Gasteiger partial charge in [0.05, 0.1) is 11.6 Å². The summed E-state index contributed by atoms with van der Waals surface area (Å²) >= 11 is 0. The molecule has 132 valence electrons. The molecule has 0 aromatic heterocycles. The third kappa shape index (κ3) is 3.06. The monoisotopic (exact) mass is 344 g/mol. The number of nitrogens with zero attached hydrogens (tertiary/aromatic N) is 2. The minimum atomic E-state index is 0.0488. The molecule has 2 aliphatic heterocycles. The molecule has 2 saturated heterocycles. The zero-order chi connectivity index (χ0) is 18.1. The second-order valence-corrected chi connectivity index (χ2v) is 7.68. The molecule has 0 amide bonds. The van der Waals surface area contributed by atoms with Crippen molar-refractivity contribution < 1.29 is 4.79 Å². The highest BCUT2D eigenvalue weighted by Gasteiger charge is 2.43. The smallest absolute Gasteiger partial charge is 0.167 e. The van der Waals surface area contributed by atoms with E-state index < -0.39 is 0 Å². The molecule has 0 aliphatic carbocycles. The second-order valence-electron chi connectivity index (χ2n) is 7.68. The van der Waals surface area contributed by atoms with Gasteiger partial charge in [-0.2, -0.15) is 5.26 Å². The maximum absolute atomic E-state index is 13.2. The molecule has 0 radical (unpaired) electrons. The molecule has 2 aromatic rings. The topological polar surface area (TPSA) is 44.1 Å². The van der Waals surface area contributed by atoms with E-state index in [9.17, 15) is 10.1 Å². The van der Waals surface area contributed by atoms with Crippen LogP contribution in [0, 0.1) is 24.2 Å². The number of Topliss-reactive ketones (excluding diaryl/α,β-unsaturated/α-hetero) is 1. The summed E-state index contributed by atoms with van der Waals surface area (Å²) in [6.45, 7) is 2.91. The molecule has 2 heterocycles. The van der Waals surface area contributed by atoms with Gasteiger partial charge in [0.15, 0.2) is 5.78 Å². The molecule has 2 bridgehead atoms. The Morgan fingerprint density at radius 3 is 2.42 bits per heavy atom. The van der Waals surface area contributed by atoms with E-state index in [0.29, 0.717) is 23.2 Å². The molecule has 2 atom stereocenters. The van der Waals surface area contributed by atoms with Crippen LogP contribution in [0.15, 0.2) is 48.5 Å². The van der Waals surface area contributed by atoms with Gasteiger partial charge in [0, 0.05) is 30.1 Å². The van der Waals surface area contributed by atoms with Gasteiger partial charge in [-0.05, 0) is 49.8 Å². The van der Waals surface area contributed by atoms with Crippen molar-refractivity contribution >= 4 is 5.78 Å². The van der Waals surface area contributed by atoms with Gasteiger partial charge < -0.3 is 0 Å². The number of carbonyl (C=O) groups excluding carboxylic acids is 1. The Kier molecular flexibility index (Phi) is 4.61. The van der Waals surface area contributed by atoms with E-state index in [1.165, 1.54) is 18.4 Å². The van der Waals surface area contributed by atoms with Crippen molar-refractivity contribution in [3.63, 3.8) is 0 Å². The molecular formula is C23H24N2O. The number of rotatable bonds is 4. The summed E-state index contributed by atoms with van der Waals surface area (Å²) in [5.41, 5.74) is 3.44. The number of benzene rings is 2. The van der Waals surface area contributed by atoms with Crippen LogP contribution in [0.2, 0.25) is 0 Å². The van der Waals surface area contributed by atoms with Gasteiger partial charge in [-0.15, -0.1) is 0 Å². The summed E-state index contributed by atoms with van der Waals surface area (Å²) in [6.07, 6.45) is 4.20. The lowest BCUT2D eigenvalue weighted by molar-refractivity contribution is 0.0677. The molecular weight excluding hydrogens is 320 g/mol. The van der Waals surface area contributed by atoms with Gasteiger partial charge in [0.1, 0.15) is 0 Å². The molecule has 0 saturated carbocycles. The first-order chi connectivity index (χ1) is 12.7. The number of ketones is 1. The second kappa shape index (κ2) is 7.05. The van der Waals surface area contributed by atoms with E-state index in [4.69, 9.17) is 0 Å². The lowest BCUT2D eigenvalue weighted by Gasteiger charge is -2.38. The fourth-order valence-corrected chi connectivity index (χ4v) is 4.83.